The van der Waals surface area contributed by atoms with E-state index in [1.807, 2.05) is 18.2 Å². The number of benzene rings is 1. The van der Waals surface area contributed by atoms with E-state index in [0.717, 1.165) is 44.9 Å². The zero-order valence-corrected chi connectivity index (χ0v) is 17.3. The predicted octanol–water partition coefficient (Wildman–Crippen LogP) is 3.23. The van der Waals surface area contributed by atoms with Crippen LogP contribution in [0.2, 0.25) is 0 Å². The predicted molar refractivity (Wildman–Crippen MR) is 111 cm³/mol. The topological polar surface area (TPSA) is 102 Å². The first-order chi connectivity index (χ1) is 14.5. The minimum atomic E-state index is -0.683. The monoisotopic (exact) mass is 414 g/mol. The lowest BCUT2D eigenvalue weighted by molar-refractivity contribution is -0.148. The second-order valence-electron chi connectivity index (χ2n) is 8.13. The molecule has 3 amide bonds. The maximum Gasteiger partial charge on any atom is 0.321 e. The minimum Gasteiger partial charge on any atom is -0.456 e. The molecule has 1 aromatic carbocycles. The van der Waals surface area contributed by atoms with Crippen molar-refractivity contribution < 1.29 is 23.9 Å². The SMILES string of the molecule is O=C(COC(=O)CCC(=O)c1ccc2c(c1)CCCC2)NC(=O)NC1CCCCC1. The number of aryl methyl sites for hydroxylation is 2. The Bertz CT molecular complexity index is 799. The molecule has 0 radical (unpaired) electrons. The van der Waals surface area contributed by atoms with Gasteiger partial charge >= 0.3 is 12.0 Å². The summed E-state index contributed by atoms with van der Waals surface area (Å²) in [7, 11) is 0. The van der Waals surface area contributed by atoms with Gasteiger partial charge in [0.15, 0.2) is 12.4 Å². The van der Waals surface area contributed by atoms with Gasteiger partial charge in [-0.05, 0) is 55.7 Å². The Morgan fingerprint density at radius 3 is 2.40 bits per heavy atom. The molecule has 3 rings (SSSR count). The van der Waals surface area contributed by atoms with E-state index in [0.29, 0.717) is 5.56 Å². The summed E-state index contributed by atoms with van der Waals surface area (Å²) in [5.74, 6) is -1.43. The highest BCUT2D eigenvalue weighted by atomic mass is 16.5. The summed E-state index contributed by atoms with van der Waals surface area (Å²) in [6.45, 7) is -0.538. The summed E-state index contributed by atoms with van der Waals surface area (Å²) in [5.41, 5.74) is 3.13. The van der Waals surface area contributed by atoms with Crippen LogP contribution in [0, 0.1) is 0 Å². The molecule has 0 bridgehead atoms. The molecule has 7 heteroatoms. The number of amides is 3. The molecule has 0 heterocycles. The number of Topliss-reactive ketones (excluding diaryl/α,β-unsaturated/α-hetero) is 1. The molecule has 0 unspecified atom stereocenters. The van der Waals surface area contributed by atoms with E-state index < -0.39 is 24.5 Å². The molecular weight excluding hydrogens is 384 g/mol. The van der Waals surface area contributed by atoms with Crippen LogP contribution in [0.5, 0.6) is 0 Å². The molecule has 0 saturated heterocycles. The van der Waals surface area contributed by atoms with Gasteiger partial charge in [-0.1, -0.05) is 31.4 Å². The van der Waals surface area contributed by atoms with E-state index in [-0.39, 0.29) is 24.7 Å². The van der Waals surface area contributed by atoms with Crippen LogP contribution in [0.3, 0.4) is 0 Å². The molecule has 2 N–H and O–H groups in total. The number of hydrogen-bond acceptors (Lipinski definition) is 5. The Hall–Kier alpha value is -2.70. The number of urea groups is 1. The van der Waals surface area contributed by atoms with Gasteiger partial charge in [0.05, 0.1) is 6.42 Å². The van der Waals surface area contributed by atoms with Crippen molar-refractivity contribution in [2.24, 2.45) is 0 Å². The Morgan fingerprint density at radius 1 is 0.900 bits per heavy atom. The third-order valence-corrected chi connectivity index (χ3v) is 5.78. The quantitative estimate of drug-likeness (QED) is 0.527. The van der Waals surface area contributed by atoms with Crippen molar-refractivity contribution in [1.82, 2.24) is 10.6 Å². The van der Waals surface area contributed by atoms with E-state index in [1.54, 1.807) is 0 Å². The summed E-state index contributed by atoms with van der Waals surface area (Å²) >= 11 is 0. The molecule has 7 nitrogen and oxygen atoms in total. The summed E-state index contributed by atoms with van der Waals surface area (Å²) in [6.07, 6.45) is 9.42. The van der Waals surface area contributed by atoms with E-state index in [4.69, 9.17) is 4.74 Å². The smallest absolute Gasteiger partial charge is 0.321 e. The van der Waals surface area contributed by atoms with Crippen LogP contribution < -0.4 is 10.6 Å². The fourth-order valence-electron chi connectivity index (χ4n) is 4.12. The number of carbonyl (C=O) groups excluding carboxylic acids is 4. The van der Waals surface area contributed by atoms with Gasteiger partial charge < -0.3 is 10.1 Å². The average Bonchev–Trinajstić information content (AvgIpc) is 2.76. The molecule has 0 aromatic heterocycles. The highest BCUT2D eigenvalue weighted by Crippen LogP contribution is 2.23. The first-order valence-corrected chi connectivity index (χ1v) is 10.9. The number of fused-ring (bicyclic) bond motifs is 1. The number of imide groups is 1. The Morgan fingerprint density at radius 2 is 1.63 bits per heavy atom. The normalized spacial score (nSPS) is 16.3. The van der Waals surface area contributed by atoms with E-state index >= 15 is 0 Å². The van der Waals surface area contributed by atoms with Gasteiger partial charge in [0.1, 0.15) is 0 Å². The lowest BCUT2D eigenvalue weighted by Gasteiger charge is -2.22. The summed E-state index contributed by atoms with van der Waals surface area (Å²) < 4.78 is 4.89. The molecule has 2 aliphatic carbocycles. The van der Waals surface area contributed by atoms with Crippen LogP contribution in [0.4, 0.5) is 4.79 Å². The van der Waals surface area contributed by atoms with Gasteiger partial charge in [-0.15, -0.1) is 0 Å². The van der Waals surface area contributed by atoms with Crippen molar-refractivity contribution in [3.05, 3.63) is 34.9 Å². The van der Waals surface area contributed by atoms with Gasteiger partial charge in [0.2, 0.25) is 0 Å². The average molecular weight is 415 g/mol. The number of rotatable bonds is 7. The van der Waals surface area contributed by atoms with Crippen LogP contribution in [0.15, 0.2) is 18.2 Å². The first kappa shape index (κ1) is 22.0. The van der Waals surface area contributed by atoms with Crippen LogP contribution in [0.25, 0.3) is 0 Å². The Labute approximate surface area is 176 Å². The molecule has 0 spiro atoms. The standard InChI is InChI=1S/C23H30N2O5/c26-20(18-11-10-16-6-4-5-7-17(16)14-18)12-13-22(28)30-15-21(27)25-23(29)24-19-8-2-1-3-9-19/h10-11,14,19H,1-9,12-13,15H2,(H2,24,25,27,29). The molecule has 2 aliphatic rings. The molecule has 0 atom stereocenters. The number of nitrogens with one attached hydrogen (secondary N) is 2. The molecule has 1 saturated carbocycles. The van der Waals surface area contributed by atoms with Gasteiger partial charge in [0.25, 0.3) is 5.91 Å². The third kappa shape index (κ3) is 6.68. The number of esters is 1. The van der Waals surface area contributed by atoms with Gasteiger partial charge in [-0.2, -0.15) is 0 Å². The lowest BCUT2D eigenvalue weighted by atomic mass is 9.89. The third-order valence-electron chi connectivity index (χ3n) is 5.78. The molecule has 1 fully saturated rings. The zero-order valence-electron chi connectivity index (χ0n) is 17.3. The van der Waals surface area contributed by atoms with Gasteiger partial charge in [-0.25, -0.2) is 4.79 Å². The maximum absolute atomic E-state index is 12.4. The minimum absolute atomic E-state index is 0.0292. The summed E-state index contributed by atoms with van der Waals surface area (Å²) in [5, 5.41) is 4.93. The highest BCUT2D eigenvalue weighted by molar-refractivity contribution is 5.98. The molecule has 30 heavy (non-hydrogen) atoms. The largest absolute Gasteiger partial charge is 0.456 e. The number of hydrogen-bond donors (Lipinski definition) is 2. The van der Waals surface area contributed by atoms with Crippen LogP contribution in [-0.2, 0) is 27.2 Å². The Kier molecular flexibility index (Phi) is 7.99. The van der Waals surface area contributed by atoms with E-state index in [2.05, 4.69) is 10.6 Å². The van der Waals surface area contributed by atoms with Crippen molar-refractivity contribution >= 4 is 23.7 Å². The van der Waals surface area contributed by atoms with Crippen LogP contribution in [0.1, 0.15) is 79.3 Å². The van der Waals surface area contributed by atoms with E-state index in [9.17, 15) is 19.2 Å². The number of ether oxygens (including phenoxy) is 1. The molecule has 0 aliphatic heterocycles. The first-order valence-electron chi connectivity index (χ1n) is 10.9. The van der Waals surface area contributed by atoms with Crippen molar-refractivity contribution in [2.45, 2.75) is 76.7 Å². The van der Waals surface area contributed by atoms with Crippen molar-refractivity contribution in [3.8, 4) is 0 Å². The second kappa shape index (κ2) is 10.9. The van der Waals surface area contributed by atoms with Crippen LogP contribution in [-0.4, -0.2) is 36.3 Å². The molecule has 162 valence electrons. The zero-order chi connectivity index (χ0) is 21.3. The Balaban J connectivity index is 1.34. The number of carbonyl (C=O) groups is 4. The molecular formula is C23H30N2O5. The molecule has 1 aromatic rings. The number of ketones is 1. The second-order valence-corrected chi connectivity index (χ2v) is 8.13. The lowest BCUT2D eigenvalue weighted by Crippen LogP contribution is -2.46. The van der Waals surface area contributed by atoms with Crippen molar-refractivity contribution in [2.75, 3.05) is 6.61 Å². The van der Waals surface area contributed by atoms with E-state index in [1.165, 1.54) is 24.0 Å². The van der Waals surface area contributed by atoms with Gasteiger partial charge in [-0.3, -0.25) is 19.7 Å². The maximum atomic E-state index is 12.4. The van der Waals surface area contributed by atoms with Crippen LogP contribution >= 0.6 is 0 Å². The highest BCUT2D eigenvalue weighted by Gasteiger charge is 2.18. The van der Waals surface area contributed by atoms with Crippen molar-refractivity contribution in [3.63, 3.8) is 0 Å². The summed E-state index contributed by atoms with van der Waals surface area (Å²) in [4.78, 5) is 47.8. The fraction of sp³-hybridized carbons (Fsp3) is 0.565. The fourth-order valence-corrected chi connectivity index (χ4v) is 4.12. The summed E-state index contributed by atoms with van der Waals surface area (Å²) in [6, 6.07) is 5.27. The van der Waals surface area contributed by atoms with Gasteiger partial charge in [0, 0.05) is 18.0 Å². The van der Waals surface area contributed by atoms with Crippen molar-refractivity contribution in [1.29, 1.82) is 0 Å².